The van der Waals surface area contributed by atoms with Crippen LogP contribution >= 0.6 is 0 Å². The number of carbonyl (C=O) groups is 3. The van der Waals surface area contributed by atoms with Crippen LogP contribution in [-0.4, -0.2) is 60.9 Å². The lowest BCUT2D eigenvalue weighted by atomic mass is 10.00. The first-order chi connectivity index (χ1) is 15.9. The van der Waals surface area contributed by atoms with Gasteiger partial charge in [0.2, 0.25) is 11.8 Å². The van der Waals surface area contributed by atoms with Crippen LogP contribution in [0.5, 0.6) is 0 Å². The second-order valence-corrected chi connectivity index (χ2v) is 8.38. The standard InChI is InChI=1S/C25H32N4O4/c1-4-8-21(30)27-20-13-11-19(12-14-20)23-22(24(31)26-15-16-28(2)3)29(25(32)33-23)17-18-9-6-5-7-10-18/h5-7,9-14,22-23H,4,8,15-17H2,1-3H3,(H,26,31)(H,27,30). The monoisotopic (exact) mass is 452 g/mol. The van der Waals surface area contributed by atoms with Gasteiger partial charge in [-0.15, -0.1) is 0 Å². The normalized spacial score (nSPS) is 17.7. The van der Waals surface area contributed by atoms with Gasteiger partial charge in [0.1, 0.15) is 0 Å². The molecule has 1 aliphatic heterocycles. The highest BCUT2D eigenvalue weighted by Gasteiger charge is 2.46. The smallest absolute Gasteiger partial charge is 0.411 e. The minimum absolute atomic E-state index is 0.0512. The number of hydrogen-bond donors (Lipinski definition) is 2. The van der Waals surface area contributed by atoms with Gasteiger partial charge < -0.3 is 20.3 Å². The number of carbonyl (C=O) groups excluding carboxylic acids is 3. The predicted molar refractivity (Wildman–Crippen MR) is 127 cm³/mol. The molecule has 2 N–H and O–H groups in total. The largest absolute Gasteiger partial charge is 0.438 e. The summed E-state index contributed by atoms with van der Waals surface area (Å²) in [7, 11) is 3.86. The molecule has 8 heteroatoms. The van der Waals surface area contributed by atoms with Crippen LogP contribution in [0.15, 0.2) is 54.6 Å². The van der Waals surface area contributed by atoms with Crippen LogP contribution in [0.3, 0.4) is 0 Å². The number of anilines is 1. The lowest BCUT2D eigenvalue weighted by molar-refractivity contribution is -0.126. The summed E-state index contributed by atoms with van der Waals surface area (Å²) in [6, 6.07) is 15.8. The fourth-order valence-corrected chi connectivity index (χ4v) is 3.70. The third-order valence-electron chi connectivity index (χ3n) is 5.41. The molecule has 0 aliphatic carbocycles. The number of cyclic esters (lactones) is 1. The highest BCUT2D eigenvalue weighted by atomic mass is 16.6. The van der Waals surface area contributed by atoms with Gasteiger partial charge in [-0.1, -0.05) is 49.4 Å². The van der Waals surface area contributed by atoms with Gasteiger partial charge in [0.15, 0.2) is 12.1 Å². The molecule has 2 aromatic rings. The van der Waals surface area contributed by atoms with Gasteiger partial charge in [0.25, 0.3) is 0 Å². The Hall–Kier alpha value is -3.39. The molecular formula is C25H32N4O4. The summed E-state index contributed by atoms with van der Waals surface area (Å²) >= 11 is 0. The van der Waals surface area contributed by atoms with E-state index >= 15 is 0 Å². The number of nitrogens with zero attached hydrogens (tertiary/aromatic N) is 2. The zero-order valence-electron chi connectivity index (χ0n) is 19.4. The molecule has 0 aromatic heterocycles. The van der Waals surface area contributed by atoms with Crippen molar-refractivity contribution in [1.82, 2.24) is 15.1 Å². The summed E-state index contributed by atoms with van der Waals surface area (Å²) in [5.41, 5.74) is 2.27. The molecular weight excluding hydrogens is 420 g/mol. The summed E-state index contributed by atoms with van der Waals surface area (Å²) in [5, 5.41) is 5.77. The molecule has 2 atom stereocenters. The van der Waals surface area contributed by atoms with Crippen LogP contribution in [0.2, 0.25) is 0 Å². The Kier molecular flexibility index (Phi) is 8.43. The minimum atomic E-state index is -0.805. The maximum absolute atomic E-state index is 13.2. The minimum Gasteiger partial charge on any atom is -0.438 e. The average molecular weight is 453 g/mol. The molecule has 2 aromatic carbocycles. The zero-order valence-corrected chi connectivity index (χ0v) is 19.4. The molecule has 0 saturated carbocycles. The van der Waals surface area contributed by atoms with Crippen LogP contribution in [0, 0.1) is 0 Å². The van der Waals surface area contributed by atoms with Gasteiger partial charge in [-0.2, -0.15) is 0 Å². The number of rotatable bonds is 10. The highest BCUT2D eigenvalue weighted by molar-refractivity contribution is 5.91. The number of ether oxygens (including phenoxy) is 1. The van der Waals surface area contributed by atoms with Crippen LogP contribution in [-0.2, 0) is 20.9 Å². The van der Waals surface area contributed by atoms with Gasteiger partial charge >= 0.3 is 6.09 Å². The number of benzene rings is 2. The lowest BCUT2D eigenvalue weighted by Gasteiger charge is -2.24. The topological polar surface area (TPSA) is 91.0 Å². The van der Waals surface area contributed by atoms with Crippen LogP contribution in [0.25, 0.3) is 0 Å². The van der Waals surface area contributed by atoms with Crippen molar-refractivity contribution in [2.45, 2.75) is 38.5 Å². The van der Waals surface area contributed by atoms with Crippen molar-refractivity contribution >= 4 is 23.6 Å². The fourth-order valence-electron chi connectivity index (χ4n) is 3.70. The molecule has 1 aliphatic rings. The molecule has 3 amide bonds. The summed E-state index contributed by atoms with van der Waals surface area (Å²) < 4.78 is 5.68. The van der Waals surface area contributed by atoms with Gasteiger partial charge in [0.05, 0.1) is 6.54 Å². The van der Waals surface area contributed by atoms with Crippen LogP contribution < -0.4 is 10.6 Å². The first-order valence-electron chi connectivity index (χ1n) is 11.2. The molecule has 0 spiro atoms. The van der Waals surface area contributed by atoms with Crippen molar-refractivity contribution in [3.05, 3.63) is 65.7 Å². The van der Waals surface area contributed by atoms with Crippen molar-refractivity contribution < 1.29 is 19.1 Å². The first kappa shape index (κ1) is 24.3. The number of nitrogens with one attached hydrogen (secondary N) is 2. The summed E-state index contributed by atoms with van der Waals surface area (Å²) in [5.74, 6) is -0.311. The van der Waals surface area contributed by atoms with E-state index in [-0.39, 0.29) is 18.4 Å². The number of hydrogen-bond acceptors (Lipinski definition) is 5. The Morgan fingerprint density at radius 2 is 1.76 bits per heavy atom. The van der Waals surface area contributed by atoms with E-state index in [0.717, 1.165) is 12.0 Å². The quantitative estimate of drug-likeness (QED) is 0.578. The second-order valence-electron chi connectivity index (χ2n) is 8.38. The first-order valence-corrected chi connectivity index (χ1v) is 11.2. The van der Waals surface area contributed by atoms with Crippen molar-refractivity contribution in [3.63, 3.8) is 0 Å². The Labute approximate surface area is 194 Å². The van der Waals surface area contributed by atoms with E-state index in [9.17, 15) is 14.4 Å². The molecule has 33 heavy (non-hydrogen) atoms. The Morgan fingerprint density at radius 1 is 1.06 bits per heavy atom. The molecule has 2 unspecified atom stereocenters. The molecule has 1 saturated heterocycles. The van der Waals surface area contributed by atoms with E-state index in [1.807, 2.05) is 56.3 Å². The zero-order chi connectivity index (χ0) is 23.8. The average Bonchev–Trinajstić information content (AvgIpc) is 3.11. The molecule has 8 nitrogen and oxygen atoms in total. The van der Waals surface area contributed by atoms with Crippen LogP contribution in [0.4, 0.5) is 10.5 Å². The van der Waals surface area contributed by atoms with Gasteiger partial charge in [-0.05, 0) is 43.8 Å². The molecule has 3 rings (SSSR count). The number of likely N-dealkylation sites (N-methyl/N-ethyl adjacent to an activating group) is 1. The van der Waals surface area contributed by atoms with Crippen molar-refractivity contribution in [2.24, 2.45) is 0 Å². The van der Waals surface area contributed by atoms with Gasteiger partial charge in [-0.3, -0.25) is 14.5 Å². The summed E-state index contributed by atoms with van der Waals surface area (Å²) in [6.45, 7) is 3.36. The highest BCUT2D eigenvalue weighted by Crippen LogP contribution is 2.34. The number of amides is 3. The Morgan fingerprint density at radius 3 is 2.39 bits per heavy atom. The van der Waals surface area contributed by atoms with E-state index in [2.05, 4.69) is 10.6 Å². The SMILES string of the molecule is CCCC(=O)Nc1ccc(C2OC(=O)N(Cc3ccccc3)C2C(=O)NCCN(C)C)cc1. The molecule has 176 valence electrons. The van der Waals surface area contributed by atoms with E-state index < -0.39 is 18.2 Å². The summed E-state index contributed by atoms with van der Waals surface area (Å²) in [6.07, 6.45) is -0.0620. The lowest BCUT2D eigenvalue weighted by Crippen LogP contribution is -2.47. The second kappa shape index (κ2) is 11.5. The van der Waals surface area contributed by atoms with Crippen LogP contribution in [0.1, 0.15) is 37.0 Å². The van der Waals surface area contributed by atoms with E-state index in [1.165, 1.54) is 4.90 Å². The maximum Gasteiger partial charge on any atom is 0.411 e. The Balaban J connectivity index is 1.81. The predicted octanol–water partition coefficient (Wildman–Crippen LogP) is 3.17. The molecule has 0 radical (unpaired) electrons. The van der Waals surface area contributed by atoms with Crippen molar-refractivity contribution in [2.75, 3.05) is 32.5 Å². The molecule has 1 heterocycles. The fraction of sp³-hybridized carbons (Fsp3) is 0.400. The maximum atomic E-state index is 13.2. The Bertz CT molecular complexity index is 947. The van der Waals surface area contributed by atoms with Gasteiger partial charge in [-0.25, -0.2) is 4.79 Å². The van der Waals surface area contributed by atoms with Crippen molar-refractivity contribution in [1.29, 1.82) is 0 Å². The van der Waals surface area contributed by atoms with Crippen molar-refractivity contribution in [3.8, 4) is 0 Å². The molecule has 1 fully saturated rings. The third kappa shape index (κ3) is 6.55. The van der Waals surface area contributed by atoms with E-state index in [0.29, 0.717) is 30.8 Å². The van der Waals surface area contributed by atoms with Gasteiger partial charge in [0, 0.05) is 25.2 Å². The van der Waals surface area contributed by atoms with E-state index in [1.54, 1.807) is 24.3 Å². The van der Waals surface area contributed by atoms with E-state index in [4.69, 9.17) is 4.74 Å². The third-order valence-corrected chi connectivity index (χ3v) is 5.41. The molecule has 0 bridgehead atoms. The summed E-state index contributed by atoms with van der Waals surface area (Å²) in [4.78, 5) is 41.3.